The number of nitrogens with zero attached hydrogens (tertiary/aromatic N) is 1. The number of fused-ring (bicyclic) bond motifs is 1. The van der Waals surface area contributed by atoms with E-state index < -0.39 is 22.0 Å². The first-order chi connectivity index (χ1) is 13.6. The molecule has 2 atom stereocenters. The van der Waals surface area contributed by atoms with Gasteiger partial charge < -0.3 is 14.8 Å². The molecule has 1 amide bonds. The average molecular weight is 439 g/mol. The average Bonchev–Trinajstić information content (AvgIpc) is 2.65. The van der Waals surface area contributed by atoms with Crippen LogP contribution in [0.3, 0.4) is 0 Å². The van der Waals surface area contributed by atoms with E-state index in [4.69, 9.17) is 21.1 Å². The van der Waals surface area contributed by atoms with Crippen LogP contribution in [0.5, 0.6) is 11.5 Å². The van der Waals surface area contributed by atoms with E-state index in [1.807, 2.05) is 31.2 Å². The third kappa shape index (κ3) is 5.13. The summed E-state index contributed by atoms with van der Waals surface area (Å²) in [4.78, 5) is 12.7. The number of halogens is 1. The largest absolute Gasteiger partial charge is 0.491 e. The Balaban J connectivity index is 1.68. The molecule has 1 aliphatic rings. The molecule has 7 nitrogen and oxygen atoms in total. The fourth-order valence-electron chi connectivity index (χ4n) is 2.99. The number of hydrogen-bond donors (Lipinski definition) is 1. The second-order valence-electron chi connectivity index (χ2n) is 7.00. The number of sulfonamides is 1. The minimum absolute atomic E-state index is 0.136. The van der Waals surface area contributed by atoms with Crippen molar-refractivity contribution >= 4 is 33.2 Å². The molecule has 3 rings (SSSR count). The molecule has 0 unspecified atom stereocenters. The maximum Gasteiger partial charge on any atom is 0.263 e. The summed E-state index contributed by atoms with van der Waals surface area (Å²) in [5.74, 6) is 0.617. The van der Waals surface area contributed by atoms with Gasteiger partial charge >= 0.3 is 0 Å². The zero-order valence-corrected chi connectivity index (χ0v) is 18.0. The number of benzene rings is 2. The Labute approximate surface area is 175 Å². The summed E-state index contributed by atoms with van der Waals surface area (Å²) in [6.07, 6.45) is 0.0932. The molecular formula is C20H23ClN2O5S. The third-order valence-corrected chi connectivity index (χ3v) is 5.84. The Bertz CT molecular complexity index is 1010. The minimum Gasteiger partial charge on any atom is -0.491 e. The molecule has 1 aliphatic heterocycles. The number of amides is 1. The lowest BCUT2D eigenvalue weighted by Gasteiger charge is -2.34. The van der Waals surface area contributed by atoms with Crippen molar-refractivity contribution in [3.63, 3.8) is 0 Å². The summed E-state index contributed by atoms with van der Waals surface area (Å²) < 4.78 is 37.1. The molecule has 0 aromatic heterocycles. The molecule has 0 saturated carbocycles. The Morgan fingerprint density at radius 2 is 2.07 bits per heavy atom. The van der Waals surface area contributed by atoms with Gasteiger partial charge in [-0.25, -0.2) is 8.42 Å². The van der Waals surface area contributed by atoms with Gasteiger partial charge in [0.05, 0.1) is 24.5 Å². The predicted molar refractivity (Wildman–Crippen MR) is 112 cm³/mol. The number of ether oxygens (including phenoxy) is 2. The Morgan fingerprint density at radius 3 is 2.76 bits per heavy atom. The quantitative estimate of drug-likeness (QED) is 0.749. The lowest BCUT2D eigenvalue weighted by molar-refractivity contribution is -0.128. The van der Waals surface area contributed by atoms with E-state index in [2.05, 4.69) is 5.32 Å². The van der Waals surface area contributed by atoms with Gasteiger partial charge in [-0.15, -0.1) is 0 Å². The number of anilines is 1. The van der Waals surface area contributed by atoms with Crippen LogP contribution in [0.1, 0.15) is 12.5 Å². The molecule has 0 fully saturated rings. The van der Waals surface area contributed by atoms with E-state index in [0.717, 1.165) is 21.9 Å². The summed E-state index contributed by atoms with van der Waals surface area (Å²) in [5.41, 5.74) is 1.32. The van der Waals surface area contributed by atoms with Crippen LogP contribution in [-0.4, -0.2) is 45.9 Å². The summed E-state index contributed by atoms with van der Waals surface area (Å²) in [6, 6.07) is 11.9. The van der Waals surface area contributed by atoms with E-state index in [1.54, 1.807) is 19.1 Å². The summed E-state index contributed by atoms with van der Waals surface area (Å²) >= 11 is 5.99. The molecule has 2 aromatic rings. The lowest BCUT2D eigenvalue weighted by Crippen LogP contribution is -2.52. The van der Waals surface area contributed by atoms with Crippen LogP contribution in [-0.2, 0) is 14.8 Å². The van der Waals surface area contributed by atoms with Crippen molar-refractivity contribution in [2.45, 2.75) is 26.0 Å². The monoisotopic (exact) mass is 438 g/mol. The molecule has 1 heterocycles. The first kappa shape index (κ1) is 21.3. The highest BCUT2D eigenvalue weighted by atomic mass is 35.5. The van der Waals surface area contributed by atoms with Gasteiger partial charge in [-0.1, -0.05) is 29.8 Å². The number of para-hydroxylation sites is 1. The van der Waals surface area contributed by atoms with E-state index in [1.165, 1.54) is 6.07 Å². The van der Waals surface area contributed by atoms with E-state index >= 15 is 0 Å². The van der Waals surface area contributed by atoms with Crippen LogP contribution in [0.25, 0.3) is 0 Å². The summed E-state index contributed by atoms with van der Waals surface area (Å²) in [6.45, 7) is 3.88. The van der Waals surface area contributed by atoms with E-state index in [0.29, 0.717) is 10.7 Å². The van der Waals surface area contributed by atoms with Crippen LogP contribution < -0.4 is 19.1 Å². The van der Waals surface area contributed by atoms with Gasteiger partial charge in [0.15, 0.2) is 6.10 Å². The van der Waals surface area contributed by atoms with Crippen LogP contribution >= 0.6 is 11.6 Å². The molecule has 1 N–H and O–H groups in total. The molecule has 0 bridgehead atoms. The van der Waals surface area contributed by atoms with E-state index in [-0.39, 0.29) is 24.9 Å². The molecule has 29 heavy (non-hydrogen) atoms. The number of aryl methyl sites for hydroxylation is 1. The van der Waals surface area contributed by atoms with Crippen LogP contribution in [0.4, 0.5) is 5.69 Å². The maximum absolute atomic E-state index is 12.7. The second kappa shape index (κ2) is 8.51. The van der Waals surface area contributed by atoms with Gasteiger partial charge in [0, 0.05) is 5.02 Å². The fraction of sp³-hybridized carbons (Fsp3) is 0.350. The van der Waals surface area contributed by atoms with Gasteiger partial charge in [0.2, 0.25) is 10.0 Å². The fourth-order valence-corrected chi connectivity index (χ4v) is 4.06. The SMILES string of the molecule is Cc1ccccc1OC[C@H](C)NC(=O)[C@@H]1CN(S(C)(=O)=O)c2cc(Cl)ccc2O1. The van der Waals surface area contributed by atoms with Crippen molar-refractivity contribution in [2.75, 3.05) is 23.7 Å². The smallest absolute Gasteiger partial charge is 0.263 e. The molecule has 156 valence electrons. The highest BCUT2D eigenvalue weighted by Gasteiger charge is 2.35. The molecule has 0 spiro atoms. The highest BCUT2D eigenvalue weighted by molar-refractivity contribution is 7.92. The Morgan fingerprint density at radius 1 is 1.34 bits per heavy atom. The Hall–Kier alpha value is -2.45. The highest BCUT2D eigenvalue weighted by Crippen LogP contribution is 2.37. The molecule has 0 aliphatic carbocycles. The molecule has 0 radical (unpaired) electrons. The second-order valence-corrected chi connectivity index (χ2v) is 9.34. The van der Waals surface area contributed by atoms with Crippen LogP contribution in [0.2, 0.25) is 5.02 Å². The maximum atomic E-state index is 12.7. The number of nitrogens with one attached hydrogen (secondary N) is 1. The number of rotatable bonds is 6. The summed E-state index contributed by atoms with van der Waals surface area (Å²) in [7, 11) is -3.61. The van der Waals surface area contributed by atoms with Crippen molar-refractivity contribution in [3.05, 3.63) is 53.1 Å². The molecule has 2 aromatic carbocycles. The first-order valence-corrected chi connectivity index (χ1v) is 11.3. The van der Waals surface area contributed by atoms with Gasteiger partial charge in [-0.2, -0.15) is 0 Å². The lowest BCUT2D eigenvalue weighted by atomic mass is 10.2. The van der Waals surface area contributed by atoms with Crippen molar-refractivity contribution in [3.8, 4) is 11.5 Å². The van der Waals surface area contributed by atoms with Crippen LogP contribution in [0.15, 0.2) is 42.5 Å². The minimum atomic E-state index is -3.61. The van der Waals surface area contributed by atoms with Crippen molar-refractivity contribution < 1.29 is 22.7 Å². The van der Waals surface area contributed by atoms with Gasteiger partial charge in [0.25, 0.3) is 5.91 Å². The first-order valence-electron chi connectivity index (χ1n) is 9.08. The standard InChI is InChI=1S/C20H23ClN2O5S/c1-13-6-4-5-7-17(13)27-12-14(2)22-20(24)19-11-23(29(3,25)26)16-10-15(21)8-9-18(16)28-19/h4-10,14,19H,11-12H2,1-3H3,(H,22,24)/t14-,19-/m0/s1. The Kier molecular flexibility index (Phi) is 6.24. The molecular weight excluding hydrogens is 416 g/mol. The van der Waals surface area contributed by atoms with Crippen molar-refractivity contribution in [1.29, 1.82) is 0 Å². The van der Waals surface area contributed by atoms with Gasteiger partial charge in [-0.3, -0.25) is 9.10 Å². The summed E-state index contributed by atoms with van der Waals surface area (Å²) in [5, 5.41) is 3.20. The number of hydrogen-bond acceptors (Lipinski definition) is 5. The zero-order chi connectivity index (χ0) is 21.2. The number of carbonyl (C=O) groups is 1. The zero-order valence-electron chi connectivity index (χ0n) is 16.4. The van der Waals surface area contributed by atoms with Gasteiger partial charge in [-0.05, 0) is 43.7 Å². The molecule has 9 heteroatoms. The van der Waals surface area contributed by atoms with Crippen molar-refractivity contribution in [2.24, 2.45) is 0 Å². The van der Waals surface area contributed by atoms with Crippen molar-refractivity contribution in [1.82, 2.24) is 5.32 Å². The number of carbonyl (C=O) groups excluding carboxylic acids is 1. The topological polar surface area (TPSA) is 84.9 Å². The predicted octanol–water partition coefficient (Wildman–Crippen LogP) is 2.76. The molecule has 0 saturated heterocycles. The van der Waals surface area contributed by atoms with Crippen LogP contribution in [0, 0.1) is 6.92 Å². The van der Waals surface area contributed by atoms with E-state index in [9.17, 15) is 13.2 Å². The third-order valence-electron chi connectivity index (χ3n) is 4.45. The van der Waals surface area contributed by atoms with Gasteiger partial charge in [0.1, 0.15) is 18.1 Å². The normalized spacial score (nSPS) is 17.1.